The number of nitrogens with zero attached hydrogens (tertiary/aromatic N) is 3. The molecule has 1 aliphatic rings. The van der Waals surface area contributed by atoms with E-state index in [1.807, 2.05) is 0 Å². The number of thiazole rings is 1. The van der Waals surface area contributed by atoms with Gasteiger partial charge in [0.05, 0.1) is 11.4 Å². The van der Waals surface area contributed by atoms with Gasteiger partial charge in [0.15, 0.2) is 4.96 Å². The molecule has 4 nitrogen and oxygen atoms in total. The van der Waals surface area contributed by atoms with Crippen molar-refractivity contribution in [2.75, 3.05) is 26.2 Å². The zero-order valence-corrected chi connectivity index (χ0v) is 13.6. The fourth-order valence-corrected chi connectivity index (χ4v) is 3.74. The third-order valence-corrected chi connectivity index (χ3v) is 5.03. The van der Waals surface area contributed by atoms with E-state index in [1.54, 1.807) is 11.3 Å². The highest BCUT2D eigenvalue weighted by Crippen LogP contribution is 2.28. The molecule has 1 fully saturated rings. The van der Waals surface area contributed by atoms with Gasteiger partial charge in [0.2, 0.25) is 0 Å². The lowest BCUT2D eigenvalue weighted by Crippen LogP contribution is -2.43. The van der Waals surface area contributed by atoms with Gasteiger partial charge < -0.3 is 5.32 Å². The number of nitrogens with one attached hydrogen (secondary N) is 1. The van der Waals surface area contributed by atoms with Gasteiger partial charge in [0.1, 0.15) is 0 Å². The molecule has 22 heavy (non-hydrogen) atoms. The largest absolute Gasteiger partial charge is 0.314 e. The van der Waals surface area contributed by atoms with Crippen LogP contribution in [0.5, 0.6) is 0 Å². The van der Waals surface area contributed by atoms with E-state index in [9.17, 15) is 0 Å². The van der Waals surface area contributed by atoms with Crippen LogP contribution in [0.1, 0.15) is 11.3 Å². The first kappa shape index (κ1) is 13.9. The summed E-state index contributed by atoms with van der Waals surface area (Å²) >= 11 is 1.70. The molecule has 0 amide bonds. The Labute approximate surface area is 134 Å². The van der Waals surface area contributed by atoms with Gasteiger partial charge in [-0.05, 0) is 6.92 Å². The van der Waals surface area contributed by atoms with Gasteiger partial charge in [-0.25, -0.2) is 4.98 Å². The number of imidazole rings is 1. The summed E-state index contributed by atoms with van der Waals surface area (Å²) in [6.07, 6.45) is 2.14. The fraction of sp³-hybridized carbons (Fsp3) is 0.353. The summed E-state index contributed by atoms with van der Waals surface area (Å²) in [6, 6.07) is 8.70. The average molecular weight is 312 g/mol. The minimum atomic E-state index is 0.961. The number of benzene rings is 1. The summed E-state index contributed by atoms with van der Waals surface area (Å²) in [4.78, 5) is 8.47. The first-order valence-corrected chi connectivity index (χ1v) is 8.64. The zero-order chi connectivity index (χ0) is 14.9. The number of fused-ring (bicyclic) bond motifs is 1. The first-order chi connectivity index (χ1) is 10.8. The van der Waals surface area contributed by atoms with Crippen LogP contribution in [0.2, 0.25) is 0 Å². The van der Waals surface area contributed by atoms with Crippen LogP contribution in [0.15, 0.2) is 35.8 Å². The SMILES string of the molecule is Cc1ccc(-c2nc3sccn3c2CN2CCNCC2)cc1. The predicted molar refractivity (Wildman–Crippen MR) is 91.4 cm³/mol. The Hall–Kier alpha value is -1.69. The summed E-state index contributed by atoms with van der Waals surface area (Å²) in [6.45, 7) is 7.44. The molecule has 1 aromatic carbocycles. The van der Waals surface area contributed by atoms with Crippen molar-refractivity contribution in [3.8, 4) is 11.3 Å². The topological polar surface area (TPSA) is 32.6 Å². The molecule has 0 saturated carbocycles. The van der Waals surface area contributed by atoms with Gasteiger partial charge >= 0.3 is 0 Å². The number of aryl methyl sites for hydroxylation is 1. The van der Waals surface area contributed by atoms with Gasteiger partial charge in [-0.15, -0.1) is 11.3 Å². The van der Waals surface area contributed by atoms with Crippen molar-refractivity contribution in [3.05, 3.63) is 47.1 Å². The maximum absolute atomic E-state index is 4.88. The third kappa shape index (κ3) is 2.56. The number of aromatic nitrogens is 2. The number of piperazine rings is 1. The molecule has 0 aliphatic carbocycles. The standard InChI is InChI=1S/C17H20N4S/c1-13-2-4-14(5-3-13)16-15(12-20-8-6-18-7-9-20)21-10-11-22-17(21)19-16/h2-5,10-11,18H,6-9,12H2,1H3. The summed E-state index contributed by atoms with van der Waals surface area (Å²) in [5, 5.41) is 5.53. The highest BCUT2D eigenvalue weighted by molar-refractivity contribution is 7.15. The Morgan fingerprint density at radius 3 is 2.73 bits per heavy atom. The molecule has 114 valence electrons. The number of rotatable bonds is 3. The van der Waals surface area contributed by atoms with E-state index >= 15 is 0 Å². The van der Waals surface area contributed by atoms with Gasteiger partial charge in [-0.2, -0.15) is 0 Å². The highest BCUT2D eigenvalue weighted by atomic mass is 32.1. The Bertz CT molecular complexity index is 766. The van der Waals surface area contributed by atoms with Crippen LogP contribution in [-0.2, 0) is 6.54 Å². The van der Waals surface area contributed by atoms with Crippen LogP contribution in [0.4, 0.5) is 0 Å². The van der Waals surface area contributed by atoms with Crippen LogP contribution in [-0.4, -0.2) is 40.5 Å². The van der Waals surface area contributed by atoms with E-state index in [2.05, 4.69) is 57.4 Å². The fourth-order valence-electron chi connectivity index (χ4n) is 3.01. The van der Waals surface area contributed by atoms with Crippen LogP contribution >= 0.6 is 11.3 Å². The molecule has 3 heterocycles. The van der Waals surface area contributed by atoms with Gasteiger partial charge in [-0.1, -0.05) is 29.8 Å². The molecule has 0 radical (unpaired) electrons. The van der Waals surface area contributed by atoms with Crippen LogP contribution in [0.25, 0.3) is 16.2 Å². The zero-order valence-electron chi connectivity index (χ0n) is 12.7. The number of hydrogen-bond donors (Lipinski definition) is 1. The van der Waals surface area contributed by atoms with Crippen molar-refractivity contribution in [2.24, 2.45) is 0 Å². The Morgan fingerprint density at radius 2 is 1.95 bits per heavy atom. The molecular weight excluding hydrogens is 292 g/mol. The second-order valence-corrected chi connectivity index (χ2v) is 6.73. The molecule has 1 saturated heterocycles. The van der Waals surface area contributed by atoms with Crippen molar-refractivity contribution in [2.45, 2.75) is 13.5 Å². The minimum Gasteiger partial charge on any atom is -0.314 e. The van der Waals surface area contributed by atoms with E-state index in [1.165, 1.54) is 16.8 Å². The van der Waals surface area contributed by atoms with E-state index in [0.717, 1.165) is 43.4 Å². The van der Waals surface area contributed by atoms with Gasteiger partial charge in [-0.3, -0.25) is 9.30 Å². The average Bonchev–Trinajstić information content (AvgIpc) is 3.12. The van der Waals surface area contributed by atoms with Crippen molar-refractivity contribution >= 4 is 16.3 Å². The van der Waals surface area contributed by atoms with E-state index in [0.29, 0.717) is 0 Å². The summed E-state index contributed by atoms with van der Waals surface area (Å²) in [7, 11) is 0. The maximum Gasteiger partial charge on any atom is 0.194 e. The smallest absolute Gasteiger partial charge is 0.194 e. The van der Waals surface area contributed by atoms with Crippen LogP contribution < -0.4 is 5.32 Å². The molecule has 0 unspecified atom stereocenters. The normalized spacial score (nSPS) is 16.4. The summed E-state index contributed by atoms with van der Waals surface area (Å²) in [5.74, 6) is 0. The molecule has 2 aromatic heterocycles. The second kappa shape index (κ2) is 5.83. The predicted octanol–water partition coefficient (Wildman–Crippen LogP) is 2.78. The lowest BCUT2D eigenvalue weighted by atomic mass is 10.1. The summed E-state index contributed by atoms with van der Waals surface area (Å²) < 4.78 is 2.25. The Kier molecular flexibility index (Phi) is 3.70. The minimum absolute atomic E-state index is 0.961. The second-order valence-electron chi connectivity index (χ2n) is 5.85. The van der Waals surface area contributed by atoms with Crippen LogP contribution in [0, 0.1) is 6.92 Å². The molecule has 0 spiro atoms. The van der Waals surface area contributed by atoms with E-state index in [-0.39, 0.29) is 0 Å². The lowest BCUT2D eigenvalue weighted by Gasteiger charge is -2.27. The van der Waals surface area contributed by atoms with E-state index < -0.39 is 0 Å². The highest BCUT2D eigenvalue weighted by Gasteiger charge is 2.18. The van der Waals surface area contributed by atoms with Crippen molar-refractivity contribution in [1.29, 1.82) is 0 Å². The molecule has 0 bridgehead atoms. The Balaban J connectivity index is 1.75. The Morgan fingerprint density at radius 1 is 1.18 bits per heavy atom. The quantitative estimate of drug-likeness (QED) is 0.807. The summed E-state index contributed by atoms with van der Waals surface area (Å²) in [5.41, 5.74) is 4.94. The van der Waals surface area contributed by atoms with Crippen molar-refractivity contribution in [1.82, 2.24) is 19.6 Å². The van der Waals surface area contributed by atoms with E-state index in [4.69, 9.17) is 4.98 Å². The molecule has 1 aliphatic heterocycles. The molecule has 3 aromatic rings. The maximum atomic E-state index is 4.88. The molecule has 5 heteroatoms. The monoisotopic (exact) mass is 312 g/mol. The number of hydrogen-bond acceptors (Lipinski definition) is 4. The molecular formula is C17H20N4S. The third-order valence-electron chi connectivity index (χ3n) is 4.27. The van der Waals surface area contributed by atoms with Crippen molar-refractivity contribution in [3.63, 3.8) is 0 Å². The lowest BCUT2D eigenvalue weighted by molar-refractivity contribution is 0.230. The van der Waals surface area contributed by atoms with Gasteiger partial charge in [0, 0.05) is 49.9 Å². The first-order valence-electron chi connectivity index (χ1n) is 7.76. The molecule has 1 N–H and O–H groups in total. The van der Waals surface area contributed by atoms with Crippen molar-refractivity contribution < 1.29 is 0 Å². The molecule has 4 rings (SSSR count). The molecule has 0 atom stereocenters. The van der Waals surface area contributed by atoms with Gasteiger partial charge in [0.25, 0.3) is 0 Å². The van der Waals surface area contributed by atoms with Crippen LogP contribution in [0.3, 0.4) is 0 Å².